The largest absolute Gasteiger partial charge is 0.454 e. The number of halogens is 6. The van der Waals surface area contributed by atoms with Crippen molar-refractivity contribution in [2.45, 2.75) is 50.4 Å². The summed E-state index contributed by atoms with van der Waals surface area (Å²) in [5.41, 5.74) is -1.60. The first-order chi connectivity index (χ1) is 21.8. The second kappa shape index (κ2) is 12.0. The van der Waals surface area contributed by atoms with Crippen molar-refractivity contribution in [3.05, 3.63) is 94.0 Å². The van der Waals surface area contributed by atoms with Gasteiger partial charge in [-0.2, -0.15) is 26.3 Å². The van der Waals surface area contributed by atoms with Gasteiger partial charge in [-0.05, 0) is 53.1 Å². The Morgan fingerprint density at radius 3 is 2.22 bits per heavy atom. The molecule has 2 saturated heterocycles. The van der Waals surface area contributed by atoms with Crippen molar-refractivity contribution in [1.29, 1.82) is 0 Å². The highest BCUT2D eigenvalue weighted by Crippen LogP contribution is 2.38. The molecule has 8 nitrogen and oxygen atoms in total. The Morgan fingerprint density at radius 2 is 1.52 bits per heavy atom. The summed E-state index contributed by atoms with van der Waals surface area (Å²) in [6, 6.07) is 13.3. The topological polar surface area (TPSA) is 80.3 Å². The van der Waals surface area contributed by atoms with Gasteiger partial charge in [0.1, 0.15) is 5.60 Å². The van der Waals surface area contributed by atoms with Crippen LogP contribution in [0, 0.1) is 0 Å². The SMILES string of the molecule is O=C(NCc1ccc2c(c1)OCO2)c1ccc(CN2CC3(CCN(Cc4ccc(C(F)(F)F)cc4)CC3)OC2=O)c(C(F)(F)F)c1. The number of ether oxygens (including phenoxy) is 3. The highest BCUT2D eigenvalue weighted by Gasteiger charge is 2.47. The van der Waals surface area contributed by atoms with Gasteiger partial charge in [-0.1, -0.05) is 24.3 Å². The van der Waals surface area contributed by atoms with E-state index in [2.05, 4.69) is 5.32 Å². The van der Waals surface area contributed by atoms with E-state index >= 15 is 0 Å². The molecule has 0 unspecified atom stereocenters. The van der Waals surface area contributed by atoms with Crippen LogP contribution in [0.3, 0.4) is 0 Å². The quantitative estimate of drug-likeness (QED) is 0.300. The molecular weight excluding hydrogens is 620 g/mol. The third-order valence-electron chi connectivity index (χ3n) is 8.42. The van der Waals surface area contributed by atoms with Crippen LogP contribution in [0.2, 0.25) is 0 Å². The number of alkyl halides is 6. The Balaban J connectivity index is 1.07. The van der Waals surface area contributed by atoms with E-state index in [0.29, 0.717) is 55.1 Å². The van der Waals surface area contributed by atoms with E-state index in [1.165, 1.54) is 29.2 Å². The van der Waals surface area contributed by atoms with Crippen LogP contribution in [0.1, 0.15) is 51.0 Å². The van der Waals surface area contributed by atoms with Gasteiger partial charge in [0.15, 0.2) is 11.5 Å². The smallest absolute Gasteiger partial charge is 0.416 e. The molecule has 14 heteroatoms. The number of carbonyl (C=O) groups excluding carboxylic acids is 2. The summed E-state index contributed by atoms with van der Waals surface area (Å²) < 4.78 is 97.2. The van der Waals surface area contributed by atoms with Gasteiger partial charge in [0.2, 0.25) is 6.79 Å². The van der Waals surface area contributed by atoms with E-state index in [4.69, 9.17) is 14.2 Å². The van der Waals surface area contributed by atoms with Crippen LogP contribution in [-0.4, -0.2) is 53.8 Å². The zero-order chi connectivity index (χ0) is 32.7. The minimum absolute atomic E-state index is 0.0576. The number of nitrogens with one attached hydrogen (secondary N) is 1. The predicted octanol–water partition coefficient (Wildman–Crippen LogP) is 6.37. The third-order valence-corrected chi connectivity index (χ3v) is 8.42. The molecule has 2 fully saturated rings. The van der Waals surface area contributed by atoms with E-state index in [1.807, 2.05) is 4.90 Å². The van der Waals surface area contributed by atoms with Gasteiger partial charge in [-0.3, -0.25) is 14.6 Å². The number of likely N-dealkylation sites (tertiary alicyclic amines) is 1. The maximum Gasteiger partial charge on any atom is 0.416 e. The van der Waals surface area contributed by atoms with Crippen molar-refractivity contribution in [2.75, 3.05) is 26.4 Å². The zero-order valence-corrected chi connectivity index (χ0v) is 24.3. The predicted molar refractivity (Wildman–Crippen MR) is 151 cm³/mol. The van der Waals surface area contributed by atoms with Gasteiger partial charge < -0.3 is 19.5 Å². The van der Waals surface area contributed by atoms with E-state index in [1.54, 1.807) is 18.2 Å². The fourth-order valence-electron chi connectivity index (χ4n) is 5.91. The summed E-state index contributed by atoms with van der Waals surface area (Å²) >= 11 is 0. The van der Waals surface area contributed by atoms with E-state index in [0.717, 1.165) is 18.2 Å². The monoisotopic (exact) mass is 649 g/mol. The molecule has 0 aliphatic carbocycles. The van der Waals surface area contributed by atoms with Gasteiger partial charge in [0.25, 0.3) is 5.91 Å². The summed E-state index contributed by atoms with van der Waals surface area (Å²) in [5.74, 6) is 0.383. The standard InChI is InChI=1S/C32H29F6N3O5/c33-31(34,35)24-6-1-20(2-7-24)16-40-11-9-30(10-12-40)18-41(29(43)46-30)17-23-5-4-22(14-25(23)32(36,37)38)28(42)39-15-21-3-8-26-27(13-21)45-19-44-26/h1-8,13-14H,9-12,15-19H2,(H,39,42). The molecule has 3 heterocycles. The first-order valence-corrected chi connectivity index (χ1v) is 14.5. The van der Waals surface area contributed by atoms with Gasteiger partial charge in [0, 0.05) is 51.1 Å². The van der Waals surface area contributed by atoms with Crippen molar-refractivity contribution in [3.8, 4) is 11.5 Å². The first-order valence-electron chi connectivity index (χ1n) is 14.5. The number of carbonyl (C=O) groups is 2. The van der Waals surface area contributed by atoms with Crippen molar-refractivity contribution in [1.82, 2.24) is 15.1 Å². The fraction of sp³-hybridized carbons (Fsp3) is 0.375. The van der Waals surface area contributed by atoms with Crippen LogP contribution < -0.4 is 14.8 Å². The Morgan fingerprint density at radius 1 is 0.826 bits per heavy atom. The molecule has 0 atom stereocenters. The molecule has 1 spiro atoms. The Kier molecular flexibility index (Phi) is 8.25. The minimum atomic E-state index is -4.78. The lowest BCUT2D eigenvalue weighted by molar-refractivity contribution is -0.138. The number of hydrogen-bond acceptors (Lipinski definition) is 6. The van der Waals surface area contributed by atoms with Crippen molar-refractivity contribution >= 4 is 12.0 Å². The lowest BCUT2D eigenvalue weighted by Gasteiger charge is -2.37. The molecule has 2 amide bonds. The van der Waals surface area contributed by atoms with E-state index < -0.39 is 41.1 Å². The molecule has 46 heavy (non-hydrogen) atoms. The molecule has 0 aromatic heterocycles. The second-order valence-corrected chi connectivity index (χ2v) is 11.6. The molecule has 0 saturated carbocycles. The number of hydrogen-bond donors (Lipinski definition) is 1. The summed E-state index contributed by atoms with van der Waals surface area (Å²) in [5, 5.41) is 2.61. The molecular formula is C32H29F6N3O5. The lowest BCUT2D eigenvalue weighted by Crippen LogP contribution is -2.46. The molecule has 3 aromatic rings. The fourth-order valence-corrected chi connectivity index (χ4v) is 5.91. The Labute approximate surface area is 259 Å². The average molecular weight is 650 g/mol. The Bertz CT molecular complexity index is 1620. The van der Waals surface area contributed by atoms with Crippen LogP contribution in [0.15, 0.2) is 60.7 Å². The zero-order valence-electron chi connectivity index (χ0n) is 24.3. The van der Waals surface area contributed by atoms with Crippen LogP contribution in [-0.2, 0) is 36.7 Å². The number of benzene rings is 3. The normalized spacial score (nSPS) is 17.8. The number of amides is 2. The van der Waals surface area contributed by atoms with Crippen molar-refractivity contribution < 1.29 is 50.1 Å². The Hall–Kier alpha value is -4.46. The van der Waals surface area contributed by atoms with Gasteiger partial charge in [-0.15, -0.1) is 0 Å². The van der Waals surface area contributed by atoms with Crippen LogP contribution >= 0.6 is 0 Å². The molecule has 6 rings (SSSR count). The van der Waals surface area contributed by atoms with Gasteiger partial charge in [0.05, 0.1) is 17.7 Å². The van der Waals surface area contributed by atoms with Crippen LogP contribution in [0.5, 0.6) is 11.5 Å². The average Bonchev–Trinajstić information content (AvgIpc) is 3.60. The van der Waals surface area contributed by atoms with E-state index in [9.17, 15) is 35.9 Å². The summed E-state index contributed by atoms with van der Waals surface area (Å²) in [6.45, 7) is 1.28. The molecule has 244 valence electrons. The molecule has 0 bridgehead atoms. The molecule has 3 aromatic carbocycles. The van der Waals surface area contributed by atoms with E-state index in [-0.39, 0.29) is 37.6 Å². The second-order valence-electron chi connectivity index (χ2n) is 11.6. The molecule has 3 aliphatic heterocycles. The van der Waals surface area contributed by atoms with Crippen LogP contribution in [0.4, 0.5) is 31.1 Å². The maximum atomic E-state index is 14.1. The van der Waals surface area contributed by atoms with Gasteiger partial charge in [-0.25, -0.2) is 4.79 Å². The number of rotatable bonds is 7. The maximum absolute atomic E-state index is 14.1. The summed E-state index contributed by atoms with van der Waals surface area (Å²) in [6.07, 6.45) is -9.08. The summed E-state index contributed by atoms with van der Waals surface area (Å²) in [4.78, 5) is 28.8. The lowest BCUT2D eigenvalue weighted by atomic mass is 9.91. The number of fused-ring (bicyclic) bond motifs is 1. The van der Waals surface area contributed by atoms with Crippen molar-refractivity contribution in [2.24, 2.45) is 0 Å². The minimum Gasteiger partial charge on any atom is -0.454 e. The third kappa shape index (κ3) is 6.86. The first kappa shape index (κ1) is 31.5. The molecule has 1 N–H and O–H groups in total. The molecule has 3 aliphatic rings. The summed E-state index contributed by atoms with van der Waals surface area (Å²) in [7, 11) is 0. The highest BCUT2D eigenvalue weighted by atomic mass is 19.4. The van der Waals surface area contributed by atoms with Gasteiger partial charge >= 0.3 is 18.4 Å². The number of piperidine rings is 1. The van der Waals surface area contributed by atoms with Crippen molar-refractivity contribution in [3.63, 3.8) is 0 Å². The van der Waals surface area contributed by atoms with Crippen LogP contribution in [0.25, 0.3) is 0 Å². The highest BCUT2D eigenvalue weighted by molar-refractivity contribution is 5.94. The number of nitrogens with zero attached hydrogens (tertiary/aromatic N) is 2. The molecule has 0 radical (unpaired) electrons.